The van der Waals surface area contributed by atoms with Gasteiger partial charge in [0.05, 0.1) is 13.3 Å². The second kappa shape index (κ2) is 17.1. The van der Waals surface area contributed by atoms with Crippen LogP contribution >= 0.6 is 0 Å². The van der Waals surface area contributed by atoms with Crippen LogP contribution in [-0.4, -0.2) is 58.3 Å². The topological polar surface area (TPSA) is 154 Å². The third-order valence-electron chi connectivity index (χ3n) is 3.80. The van der Waals surface area contributed by atoms with Crippen molar-refractivity contribution in [2.45, 2.75) is 31.6 Å². The first-order valence-electron chi connectivity index (χ1n) is 10.5. The molecule has 0 aromatic carbocycles. The normalized spacial score (nSPS) is 12.1. The minimum absolute atomic E-state index is 0. The van der Waals surface area contributed by atoms with E-state index in [0.717, 1.165) is 11.3 Å². The zero-order chi connectivity index (χ0) is 34.7. The molecule has 2 aromatic heterocycles. The van der Waals surface area contributed by atoms with E-state index < -0.39 is 59.9 Å². The molecule has 22 heteroatoms. The summed E-state index contributed by atoms with van der Waals surface area (Å²) in [5, 5.41) is 19.6. The molecule has 251 valence electrons. The number of nitrogens with two attached hydrogens (primary N) is 1. The number of hydrogen-bond donors (Lipinski definition) is 1. The fraction of sp³-hybridized carbons (Fsp3) is 0.261. The molecule has 2 heterocycles. The van der Waals surface area contributed by atoms with E-state index in [1.54, 1.807) is 31.6 Å². The van der Waals surface area contributed by atoms with E-state index in [9.17, 15) is 72.5 Å². The summed E-state index contributed by atoms with van der Waals surface area (Å²) >= 11 is 0. The van der Waals surface area contributed by atoms with Crippen LogP contribution in [0.3, 0.4) is 0 Å². The van der Waals surface area contributed by atoms with Crippen molar-refractivity contribution in [3.63, 3.8) is 0 Å². The molecule has 0 unspecified atom stereocenters. The Morgan fingerprint density at radius 2 is 1.22 bits per heavy atom. The van der Waals surface area contributed by atoms with Gasteiger partial charge < -0.3 is 20.7 Å². The number of aryl methyl sites for hydroxylation is 1. The number of alkyl halides is 12. The number of nitrogen functional groups attached to an aromatic ring is 1. The Balaban J connectivity index is 0. The number of allylic oxidation sites excluding steroid dienone is 4. The number of aromatic nitrogens is 3. The Labute approximate surface area is 254 Å². The van der Waals surface area contributed by atoms with Gasteiger partial charge in [-0.15, -0.1) is 0 Å². The molecule has 1 radical (unpaired) electrons. The average molecular weight is 718 g/mol. The van der Waals surface area contributed by atoms with E-state index in [0.29, 0.717) is 11.4 Å². The zero-order valence-corrected chi connectivity index (χ0v) is 22.7. The molecule has 0 spiro atoms. The zero-order valence-electron chi connectivity index (χ0n) is 21.8. The maximum absolute atomic E-state index is 11.3. The first-order chi connectivity index (χ1) is 19.8. The predicted molar refractivity (Wildman–Crippen MR) is 118 cm³/mol. The van der Waals surface area contributed by atoms with E-state index >= 15 is 0 Å². The fourth-order valence-electron chi connectivity index (χ4n) is 1.96. The van der Waals surface area contributed by atoms with Gasteiger partial charge in [0.25, 0.3) is 11.6 Å². The first kappa shape index (κ1) is 42.6. The molecule has 0 aliphatic heterocycles. The second-order valence-electron chi connectivity index (χ2n) is 7.35. The van der Waals surface area contributed by atoms with Gasteiger partial charge in [0, 0.05) is 17.5 Å². The fourth-order valence-corrected chi connectivity index (χ4v) is 1.96. The van der Waals surface area contributed by atoms with Crippen molar-refractivity contribution in [3.8, 4) is 17.6 Å². The Kier molecular flexibility index (Phi) is 16.2. The van der Waals surface area contributed by atoms with Crippen LogP contribution in [0.15, 0.2) is 48.2 Å². The Hall–Kier alpha value is -4.51. The van der Waals surface area contributed by atoms with Gasteiger partial charge >= 0.3 is 41.8 Å². The molecule has 0 amide bonds. The molecule has 2 N–H and O–H groups in total. The van der Waals surface area contributed by atoms with E-state index in [1.165, 1.54) is 0 Å². The molecule has 2 rings (SSSR count). The van der Waals surface area contributed by atoms with Crippen molar-refractivity contribution >= 4 is 17.5 Å². The molecule has 0 fully saturated rings. The molecule has 0 atom stereocenters. The number of carbonyl (C=O) groups excluding carboxylic acids is 2. The summed E-state index contributed by atoms with van der Waals surface area (Å²) < 4.78 is 141. The summed E-state index contributed by atoms with van der Waals surface area (Å²) in [5.74, 6) is -4.54. The monoisotopic (exact) mass is 717 g/mol. The molecule has 0 saturated carbocycles. The summed E-state index contributed by atoms with van der Waals surface area (Å²) in [6, 6.07) is 3.58. The van der Waals surface area contributed by atoms with Crippen LogP contribution < -0.4 is 20.7 Å². The Morgan fingerprint density at radius 1 is 0.778 bits per heavy atom. The standard InChI is InChI=1S/C13H12N4O.2C5H2F6O2.Cu/c1-9-5-11(17-13(14)16-9)4-3-10-6-12(18-2)8-15-7-10;2*6-4(7,8)2(12)1-3(13)5(9,10)11;/h5-8H,1-2H3,(H2,14,16,17);2*1,12H;/q;;;+2/p-2/b;2*2-1-;. The summed E-state index contributed by atoms with van der Waals surface area (Å²) in [4.78, 5) is 31.7. The summed E-state index contributed by atoms with van der Waals surface area (Å²) in [6.07, 6.45) is -20.6. The molecule has 0 aliphatic rings. The number of halogens is 12. The maximum Gasteiger partial charge on any atom is 2.00 e. The molecule has 0 saturated heterocycles. The van der Waals surface area contributed by atoms with Crippen LogP contribution in [-0.2, 0) is 26.7 Å². The Bertz CT molecular complexity index is 1370. The number of pyridine rings is 1. The van der Waals surface area contributed by atoms with Crippen molar-refractivity contribution in [2.75, 3.05) is 12.8 Å². The number of nitrogens with zero attached hydrogens (tertiary/aromatic N) is 3. The minimum Gasteiger partial charge on any atom is -0.869 e. The number of anilines is 1. The van der Waals surface area contributed by atoms with Crippen LogP contribution in [0, 0.1) is 18.8 Å². The third kappa shape index (κ3) is 17.4. The van der Waals surface area contributed by atoms with Crippen LogP contribution in [0.4, 0.5) is 58.6 Å². The quantitative estimate of drug-likeness (QED) is 0.166. The second-order valence-corrected chi connectivity index (χ2v) is 7.35. The van der Waals surface area contributed by atoms with E-state index in [4.69, 9.17) is 10.5 Å². The Morgan fingerprint density at radius 3 is 1.58 bits per heavy atom. The first-order valence-corrected chi connectivity index (χ1v) is 10.5. The van der Waals surface area contributed by atoms with E-state index in [-0.39, 0.29) is 23.0 Å². The van der Waals surface area contributed by atoms with E-state index in [2.05, 4.69) is 26.8 Å². The molecular formula is C23H14CuF12N4O5. The van der Waals surface area contributed by atoms with Gasteiger partial charge in [0.1, 0.15) is 11.4 Å². The predicted octanol–water partition coefficient (Wildman–Crippen LogP) is 3.02. The molecule has 45 heavy (non-hydrogen) atoms. The van der Waals surface area contributed by atoms with Gasteiger partial charge in [-0.25, -0.2) is 9.97 Å². The van der Waals surface area contributed by atoms with Crippen molar-refractivity contribution in [1.82, 2.24) is 15.0 Å². The summed E-state index contributed by atoms with van der Waals surface area (Å²) in [5.41, 5.74) is 7.68. The van der Waals surface area contributed by atoms with Gasteiger partial charge in [-0.1, -0.05) is 5.92 Å². The minimum atomic E-state index is -5.46. The number of rotatable bonds is 3. The van der Waals surface area contributed by atoms with Gasteiger partial charge in [0.2, 0.25) is 5.95 Å². The number of hydrogen-bond acceptors (Lipinski definition) is 9. The number of methoxy groups -OCH3 is 1. The van der Waals surface area contributed by atoms with Gasteiger partial charge in [-0.3, -0.25) is 14.6 Å². The van der Waals surface area contributed by atoms with E-state index in [1.807, 2.05) is 6.92 Å². The van der Waals surface area contributed by atoms with Crippen molar-refractivity contribution in [2.24, 2.45) is 0 Å². The van der Waals surface area contributed by atoms with Gasteiger partial charge in [-0.2, -0.15) is 52.7 Å². The molecule has 0 bridgehead atoms. The molecular weight excluding hydrogens is 704 g/mol. The number of ketones is 2. The van der Waals surface area contributed by atoms with Crippen molar-refractivity contribution < 1.29 is 94.3 Å². The average Bonchev–Trinajstić information content (AvgIpc) is 2.85. The van der Waals surface area contributed by atoms with Crippen LogP contribution in [0.1, 0.15) is 17.0 Å². The number of carbonyl (C=O) groups is 2. The maximum atomic E-state index is 11.3. The smallest absolute Gasteiger partial charge is 0.869 e. The van der Waals surface area contributed by atoms with Crippen LogP contribution in [0.5, 0.6) is 5.75 Å². The van der Waals surface area contributed by atoms with Gasteiger partial charge in [-0.05, 0) is 48.6 Å². The molecule has 2 aromatic rings. The summed E-state index contributed by atoms with van der Waals surface area (Å²) in [6.45, 7) is 1.84. The summed E-state index contributed by atoms with van der Waals surface area (Å²) in [7, 11) is 1.59. The SMILES string of the molecule is COc1cncc(C#Cc2cc(C)nc(N)n2)c1.O=C(/C=C(\[O-])C(F)(F)F)C(F)(F)F.O=C(/C=C(\[O-])C(F)(F)F)C(F)(F)F.[Cu+2]. The van der Waals surface area contributed by atoms with Crippen molar-refractivity contribution in [3.05, 3.63) is 65.1 Å². The largest absolute Gasteiger partial charge is 2.00 e. The van der Waals surface area contributed by atoms with Gasteiger partial charge in [0.15, 0.2) is 0 Å². The number of ether oxygens (including phenoxy) is 1. The molecule has 9 nitrogen and oxygen atoms in total. The molecule has 0 aliphatic carbocycles. The van der Waals surface area contributed by atoms with Crippen LogP contribution in [0.25, 0.3) is 0 Å². The van der Waals surface area contributed by atoms with Crippen LogP contribution in [0.2, 0.25) is 0 Å². The van der Waals surface area contributed by atoms with Crippen molar-refractivity contribution in [1.29, 1.82) is 0 Å². The third-order valence-corrected chi connectivity index (χ3v) is 3.80.